The lowest BCUT2D eigenvalue weighted by atomic mass is 9.98. The van der Waals surface area contributed by atoms with Crippen molar-refractivity contribution in [2.75, 3.05) is 0 Å². The van der Waals surface area contributed by atoms with Crippen LogP contribution in [0.4, 0.5) is 0 Å². The molecule has 0 aromatic carbocycles. The average Bonchev–Trinajstić information content (AvgIpc) is 1.96. The van der Waals surface area contributed by atoms with Gasteiger partial charge in [0.05, 0.1) is 0 Å². The predicted molar refractivity (Wildman–Crippen MR) is 49.0 cm³/mol. The van der Waals surface area contributed by atoms with E-state index in [2.05, 4.69) is 6.92 Å². The summed E-state index contributed by atoms with van der Waals surface area (Å²) in [5.74, 6) is 0.979. The normalized spacial score (nSPS) is 10.3. The van der Waals surface area contributed by atoms with Crippen LogP contribution in [0.5, 0.6) is 0 Å². The van der Waals surface area contributed by atoms with Gasteiger partial charge in [0.2, 0.25) is 0 Å². The number of carbonyl (C=O) groups is 2. The molecule has 0 bridgehead atoms. The third-order valence-electron chi connectivity index (χ3n) is 1.98. The molecule has 12 heavy (non-hydrogen) atoms. The molecule has 2 nitrogen and oxygen atoms in total. The second kappa shape index (κ2) is 5.92. The van der Waals surface area contributed by atoms with E-state index in [0.29, 0.717) is 18.8 Å². The third-order valence-corrected chi connectivity index (χ3v) is 1.98. The Kier molecular flexibility index (Phi) is 5.60. The van der Waals surface area contributed by atoms with Gasteiger partial charge in [-0.3, -0.25) is 0 Å². The summed E-state index contributed by atoms with van der Waals surface area (Å²) >= 11 is 0. The zero-order valence-corrected chi connectivity index (χ0v) is 8.22. The molecule has 0 aliphatic heterocycles. The van der Waals surface area contributed by atoms with Crippen molar-refractivity contribution in [3.63, 3.8) is 0 Å². The molecule has 0 heterocycles. The largest absolute Gasteiger partial charge is 0.300 e. The molecular weight excluding hydrogens is 152 g/mol. The van der Waals surface area contributed by atoms with Crippen LogP contribution in [-0.4, -0.2) is 11.6 Å². The van der Waals surface area contributed by atoms with Crippen LogP contribution in [0.2, 0.25) is 0 Å². The van der Waals surface area contributed by atoms with Crippen molar-refractivity contribution >= 4 is 11.6 Å². The molecule has 0 unspecified atom stereocenters. The minimum atomic E-state index is 0.240. The van der Waals surface area contributed by atoms with E-state index in [1.54, 1.807) is 13.8 Å². The zero-order chi connectivity index (χ0) is 9.56. The topological polar surface area (TPSA) is 34.1 Å². The summed E-state index contributed by atoms with van der Waals surface area (Å²) in [5.41, 5.74) is 0. The van der Waals surface area contributed by atoms with Gasteiger partial charge in [-0.1, -0.05) is 6.92 Å². The first-order chi connectivity index (χ1) is 5.52. The number of carbonyl (C=O) groups excluding carboxylic acids is 2. The first kappa shape index (κ1) is 11.3. The SMILES string of the molecule is CC(=O)CCC(C)CCC(C)=O. The fourth-order valence-electron chi connectivity index (χ4n) is 1.04. The van der Waals surface area contributed by atoms with Gasteiger partial charge in [-0.15, -0.1) is 0 Å². The van der Waals surface area contributed by atoms with E-state index in [1.165, 1.54) is 0 Å². The Bertz CT molecular complexity index is 143. The molecule has 2 heteroatoms. The highest BCUT2D eigenvalue weighted by Crippen LogP contribution is 2.12. The maximum atomic E-state index is 10.6. The van der Waals surface area contributed by atoms with Gasteiger partial charge in [-0.25, -0.2) is 0 Å². The molecule has 0 atom stereocenters. The van der Waals surface area contributed by atoms with Gasteiger partial charge in [0, 0.05) is 12.8 Å². The van der Waals surface area contributed by atoms with Crippen LogP contribution in [0.15, 0.2) is 0 Å². The second-order valence-electron chi connectivity index (χ2n) is 3.59. The molecule has 0 aliphatic rings. The Morgan fingerprint density at radius 3 is 1.58 bits per heavy atom. The van der Waals surface area contributed by atoms with E-state index in [9.17, 15) is 9.59 Å². The molecule has 70 valence electrons. The molecule has 0 saturated heterocycles. The fourth-order valence-corrected chi connectivity index (χ4v) is 1.04. The summed E-state index contributed by atoms with van der Waals surface area (Å²) in [4.78, 5) is 21.2. The van der Waals surface area contributed by atoms with Crippen LogP contribution in [0.3, 0.4) is 0 Å². The Morgan fingerprint density at radius 2 is 1.33 bits per heavy atom. The third kappa shape index (κ3) is 7.45. The van der Waals surface area contributed by atoms with Crippen LogP contribution in [-0.2, 0) is 9.59 Å². The van der Waals surface area contributed by atoms with Gasteiger partial charge in [0.1, 0.15) is 11.6 Å². The highest BCUT2D eigenvalue weighted by atomic mass is 16.1. The van der Waals surface area contributed by atoms with Crippen LogP contribution in [0.1, 0.15) is 46.5 Å². The van der Waals surface area contributed by atoms with E-state index < -0.39 is 0 Å². The monoisotopic (exact) mass is 170 g/mol. The standard InChI is InChI=1S/C10H18O2/c1-8(4-6-9(2)11)5-7-10(3)12/h8H,4-7H2,1-3H3. The predicted octanol–water partition coefficient (Wildman–Crippen LogP) is 2.36. The number of hydrogen-bond donors (Lipinski definition) is 0. The molecule has 0 saturated carbocycles. The summed E-state index contributed by atoms with van der Waals surface area (Å²) in [7, 11) is 0. The van der Waals surface area contributed by atoms with E-state index in [-0.39, 0.29) is 11.6 Å². The molecule has 0 amide bonds. The lowest BCUT2D eigenvalue weighted by Gasteiger charge is -2.07. The Labute approximate surface area is 74.3 Å². The number of Topliss-reactive ketones (excluding diaryl/α,β-unsaturated/α-hetero) is 2. The van der Waals surface area contributed by atoms with Crippen LogP contribution in [0, 0.1) is 5.92 Å². The quantitative estimate of drug-likeness (QED) is 0.613. The molecule has 0 rings (SSSR count). The Morgan fingerprint density at radius 1 is 1.00 bits per heavy atom. The van der Waals surface area contributed by atoms with Crippen molar-refractivity contribution in [1.82, 2.24) is 0 Å². The van der Waals surface area contributed by atoms with Crippen molar-refractivity contribution in [3.8, 4) is 0 Å². The first-order valence-electron chi connectivity index (χ1n) is 4.51. The fraction of sp³-hybridized carbons (Fsp3) is 0.800. The van der Waals surface area contributed by atoms with Crippen LogP contribution in [0.25, 0.3) is 0 Å². The van der Waals surface area contributed by atoms with Gasteiger partial charge in [0.15, 0.2) is 0 Å². The van der Waals surface area contributed by atoms with Crippen LogP contribution < -0.4 is 0 Å². The average molecular weight is 170 g/mol. The molecule has 0 N–H and O–H groups in total. The molecule has 0 aromatic rings. The second-order valence-corrected chi connectivity index (χ2v) is 3.59. The lowest BCUT2D eigenvalue weighted by Crippen LogP contribution is -2.01. The minimum absolute atomic E-state index is 0.240. The Hall–Kier alpha value is -0.660. The van der Waals surface area contributed by atoms with Crippen molar-refractivity contribution in [2.45, 2.75) is 46.5 Å². The van der Waals surface area contributed by atoms with Gasteiger partial charge in [-0.2, -0.15) is 0 Å². The summed E-state index contributed by atoms with van der Waals surface area (Å²) in [6.07, 6.45) is 3.14. The van der Waals surface area contributed by atoms with Gasteiger partial charge in [0.25, 0.3) is 0 Å². The number of ketones is 2. The van der Waals surface area contributed by atoms with Crippen molar-refractivity contribution < 1.29 is 9.59 Å². The lowest BCUT2D eigenvalue weighted by molar-refractivity contribution is -0.117. The zero-order valence-electron chi connectivity index (χ0n) is 8.22. The maximum absolute atomic E-state index is 10.6. The minimum Gasteiger partial charge on any atom is -0.300 e. The first-order valence-corrected chi connectivity index (χ1v) is 4.51. The summed E-state index contributed by atoms with van der Waals surface area (Å²) in [5, 5.41) is 0. The summed E-state index contributed by atoms with van der Waals surface area (Å²) < 4.78 is 0. The highest BCUT2D eigenvalue weighted by molar-refractivity contribution is 5.76. The number of hydrogen-bond acceptors (Lipinski definition) is 2. The van der Waals surface area contributed by atoms with Crippen molar-refractivity contribution in [2.24, 2.45) is 5.92 Å². The van der Waals surface area contributed by atoms with Crippen LogP contribution >= 0.6 is 0 Å². The highest BCUT2D eigenvalue weighted by Gasteiger charge is 2.04. The summed E-state index contributed by atoms with van der Waals surface area (Å²) in [6, 6.07) is 0. The molecule has 0 aliphatic carbocycles. The van der Waals surface area contributed by atoms with Crippen molar-refractivity contribution in [3.05, 3.63) is 0 Å². The molecule has 0 aromatic heterocycles. The van der Waals surface area contributed by atoms with E-state index >= 15 is 0 Å². The molecule has 0 spiro atoms. The molecule has 0 radical (unpaired) electrons. The van der Waals surface area contributed by atoms with Gasteiger partial charge >= 0.3 is 0 Å². The smallest absolute Gasteiger partial charge is 0.129 e. The maximum Gasteiger partial charge on any atom is 0.129 e. The molecule has 0 fully saturated rings. The Balaban J connectivity index is 3.39. The van der Waals surface area contributed by atoms with E-state index in [0.717, 1.165) is 12.8 Å². The van der Waals surface area contributed by atoms with Gasteiger partial charge in [-0.05, 0) is 32.6 Å². The van der Waals surface area contributed by atoms with E-state index in [4.69, 9.17) is 0 Å². The van der Waals surface area contributed by atoms with Crippen molar-refractivity contribution in [1.29, 1.82) is 0 Å². The van der Waals surface area contributed by atoms with Gasteiger partial charge < -0.3 is 9.59 Å². The summed E-state index contributed by atoms with van der Waals surface area (Å²) in [6.45, 7) is 5.31. The van der Waals surface area contributed by atoms with E-state index in [1.807, 2.05) is 0 Å². The number of rotatable bonds is 6. The molecular formula is C10H18O2.